The molecular weight excluding hydrogens is 542 g/mol. The molecule has 1 aliphatic heterocycles. The molecule has 1 fully saturated rings. The van der Waals surface area contributed by atoms with Crippen LogP contribution in [0.2, 0.25) is 0 Å². The zero-order valence-corrected chi connectivity index (χ0v) is 22.9. The number of hydrogen-bond acceptors (Lipinski definition) is 3. The van der Waals surface area contributed by atoms with Gasteiger partial charge in [-0.1, -0.05) is 42.5 Å². The molecule has 0 saturated carbocycles. The fourth-order valence-corrected chi connectivity index (χ4v) is 6.35. The molecule has 3 aromatic carbocycles. The molecule has 1 aliphatic carbocycles. The van der Waals surface area contributed by atoms with Crippen molar-refractivity contribution in [2.24, 2.45) is 0 Å². The molecule has 0 aromatic heterocycles. The van der Waals surface area contributed by atoms with Gasteiger partial charge in [0.05, 0.1) is 18.2 Å². The number of ether oxygens (including phenoxy) is 1. The quantitative estimate of drug-likeness (QED) is 0.270. The van der Waals surface area contributed by atoms with Crippen LogP contribution in [-0.4, -0.2) is 49.1 Å². The first kappa shape index (κ1) is 29.5. The van der Waals surface area contributed by atoms with Gasteiger partial charge in [0.1, 0.15) is 5.75 Å². The molecule has 5 rings (SSSR count). The smallest absolute Gasteiger partial charge is 0.416 e. The van der Waals surface area contributed by atoms with Gasteiger partial charge in [0, 0.05) is 43.8 Å². The summed E-state index contributed by atoms with van der Waals surface area (Å²) in [6.45, 7) is 3.19. The molecule has 3 aromatic rings. The van der Waals surface area contributed by atoms with E-state index >= 15 is 0 Å². The third-order valence-electron chi connectivity index (χ3n) is 8.48. The summed E-state index contributed by atoms with van der Waals surface area (Å²) in [5.74, 6) is 0.656. The van der Waals surface area contributed by atoms with Crippen LogP contribution >= 0.6 is 0 Å². The van der Waals surface area contributed by atoms with Gasteiger partial charge in [-0.25, -0.2) is 0 Å². The van der Waals surface area contributed by atoms with Crippen LogP contribution in [0.4, 0.5) is 26.3 Å². The minimum absolute atomic E-state index is 0.0200. The number of para-hydroxylation sites is 1. The van der Waals surface area contributed by atoms with Gasteiger partial charge >= 0.3 is 12.4 Å². The first-order valence-electron chi connectivity index (χ1n) is 14.0. The summed E-state index contributed by atoms with van der Waals surface area (Å²) < 4.78 is 86.4. The molecule has 0 amide bonds. The summed E-state index contributed by atoms with van der Waals surface area (Å²) in [7, 11) is 1.57. The summed E-state index contributed by atoms with van der Waals surface area (Å²) in [5, 5.41) is 0. The lowest BCUT2D eigenvalue weighted by atomic mass is 9.87. The summed E-state index contributed by atoms with van der Waals surface area (Å²) in [4.78, 5) is 4.82. The van der Waals surface area contributed by atoms with Crippen LogP contribution in [0.5, 0.6) is 5.75 Å². The van der Waals surface area contributed by atoms with Crippen molar-refractivity contribution in [3.63, 3.8) is 0 Å². The first-order chi connectivity index (χ1) is 19.5. The second-order valence-corrected chi connectivity index (χ2v) is 10.9. The van der Waals surface area contributed by atoms with Gasteiger partial charge in [-0.15, -0.1) is 0 Å². The minimum atomic E-state index is -4.87. The Morgan fingerprint density at radius 2 is 1.41 bits per heavy atom. The Labute approximate surface area is 236 Å². The molecule has 0 bridgehead atoms. The van der Waals surface area contributed by atoms with E-state index in [0.717, 1.165) is 63.1 Å². The van der Waals surface area contributed by atoms with Crippen molar-refractivity contribution < 1.29 is 31.1 Å². The van der Waals surface area contributed by atoms with Gasteiger partial charge in [0.2, 0.25) is 0 Å². The van der Waals surface area contributed by atoms with Crippen LogP contribution in [-0.2, 0) is 31.6 Å². The number of hydrogen-bond donors (Lipinski definition) is 0. The van der Waals surface area contributed by atoms with Crippen LogP contribution in [0.1, 0.15) is 52.3 Å². The number of benzene rings is 3. The number of halogens is 6. The molecule has 9 heteroatoms. The highest BCUT2D eigenvalue weighted by Crippen LogP contribution is 2.38. The van der Waals surface area contributed by atoms with E-state index in [1.165, 1.54) is 11.1 Å². The molecule has 1 heterocycles. The lowest BCUT2D eigenvalue weighted by Gasteiger charge is -2.44. The molecule has 0 N–H and O–H groups in total. The fraction of sp³-hybridized carbons (Fsp3) is 0.438. The van der Waals surface area contributed by atoms with E-state index in [1.54, 1.807) is 7.11 Å². The third-order valence-corrected chi connectivity index (χ3v) is 8.48. The summed E-state index contributed by atoms with van der Waals surface area (Å²) in [6, 6.07) is 18.2. The molecule has 0 radical (unpaired) electrons. The maximum Gasteiger partial charge on any atom is 0.416 e. The van der Waals surface area contributed by atoms with E-state index in [2.05, 4.69) is 34.1 Å². The molecule has 41 heavy (non-hydrogen) atoms. The number of nitrogens with zero attached hydrogens (tertiary/aromatic N) is 2. The van der Waals surface area contributed by atoms with Crippen molar-refractivity contribution >= 4 is 0 Å². The largest absolute Gasteiger partial charge is 0.496 e. The van der Waals surface area contributed by atoms with Gasteiger partial charge in [0.15, 0.2) is 0 Å². The summed E-state index contributed by atoms with van der Waals surface area (Å²) >= 11 is 0. The van der Waals surface area contributed by atoms with Crippen molar-refractivity contribution in [2.45, 2.75) is 56.5 Å². The SMILES string of the molecule is COc1ccccc1C(CCc1cc(C(F)(F)F)cc(C(F)(F)F)c1)N1CCN(C2CCc3ccccc3C2)CC1. The normalized spacial score (nSPS) is 19.5. The van der Waals surface area contributed by atoms with E-state index < -0.39 is 23.5 Å². The Kier molecular flexibility index (Phi) is 8.66. The van der Waals surface area contributed by atoms with Crippen molar-refractivity contribution in [1.82, 2.24) is 9.80 Å². The number of aryl methyl sites for hydroxylation is 2. The fourth-order valence-electron chi connectivity index (χ4n) is 6.35. The van der Waals surface area contributed by atoms with Crippen molar-refractivity contribution in [3.8, 4) is 5.75 Å². The Morgan fingerprint density at radius 1 is 0.805 bits per heavy atom. The minimum Gasteiger partial charge on any atom is -0.496 e. The predicted molar refractivity (Wildman–Crippen MR) is 146 cm³/mol. The topological polar surface area (TPSA) is 15.7 Å². The summed E-state index contributed by atoms with van der Waals surface area (Å²) in [5.41, 5.74) is 1.17. The monoisotopic (exact) mass is 576 g/mol. The Balaban J connectivity index is 1.34. The van der Waals surface area contributed by atoms with Crippen LogP contribution < -0.4 is 4.74 Å². The van der Waals surface area contributed by atoms with Crippen LogP contribution in [0.15, 0.2) is 66.7 Å². The highest BCUT2D eigenvalue weighted by molar-refractivity contribution is 5.37. The second-order valence-electron chi connectivity index (χ2n) is 10.9. The number of piperazine rings is 1. The third kappa shape index (κ3) is 6.89. The standard InChI is InChI=1S/C32H34F6N2O/c1-41-30-9-5-4-8-28(30)29(13-10-22-18-25(31(33,34)35)21-26(19-22)32(36,37)38)40-16-14-39(15-17-40)27-12-11-23-6-2-3-7-24(23)20-27/h2-9,18-19,21,27,29H,10-17,20H2,1H3. The molecule has 0 spiro atoms. The number of rotatable bonds is 7. The van der Waals surface area contributed by atoms with E-state index in [1.807, 2.05) is 24.3 Å². The lowest BCUT2D eigenvalue weighted by molar-refractivity contribution is -0.143. The van der Waals surface area contributed by atoms with Crippen molar-refractivity contribution in [3.05, 3.63) is 100 Å². The number of alkyl halides is 6. The van der Waals surface area contributed by atoms with Gasteiger partial charge in [-0.3, -0.25) is 9.80 Å². The molecule has 220 valence electrons. The van der Waals surface area contributed by atoms with Crippen molar-refractivity contribution in [1.29, 1.82) is 0 Å². The predicted octanol–water partition coefficient (Wildman–Crippen LogP) is 7.58. The average molecular weight is 577 g/mol. The highest BCUT2D eigenvalue weighted by Gasteiger charge is 2.37. The maximum absolute atomic E-state index is 13.5. The van der Waals surface area contributed by atoms with E-state index in [4.69, 9.17) is 4.74 Å². The molecule has 2 aliphatic rings. The van der Waals surface area contributed by atoms with Gasteiger partial charge in [-0.05, 0) is 73.1 Å². The van der Waals surface area contributed by atoms with Crippen LogP contribution in [0, 0.1) is 0 Å². The van der Waals surface area contributed by atoms with E-state index in [9.17, 15) is 26.3 Å². The zero-order valence-electron chi connectivity index (χ0n) is 22.9. The number of fused-ring (bicyclic) bond motifs is 1. The van der Waals surface area contributed by atoms with E-state index in [0.29, 0.717) is 18.2 Å². The van der Waals surface area contributed by atoms with Crippen LogP contribution in [0.25, 0.3) is 0 Å². The average Bonchev–Trinajstić information content (AvgIpc) is 2.96. The Hall–Kier alpha value is -3.04. The van der Waals surface area contributed by atoms with Gasteiger partial charge in [0.25, 0.3) is 0 Å². The highest BCUT2D eigenvalue weighted by atomic mass is 19.4. The Morgan fingerprint density at radius 3 is 2.05 bits per heavy atom. The second kappa shape index (κ2) is 12.1. The number of methoxy groups -OCH3 is 1. The van der Waals surface area contributed by atoms with Crippen LogP contribution in [0.3, 0.4) is 0 Å². The van der Waals surface area contributed by atoms with Gasteiger partial charge in [-0.2, -0.15) is 26.3 Å². The molecular formula is C32H34F6N2O. The molecule has 1 saturated heterocycles. The lowest BCUT2D eigenvalue weighted by Crippen LogP contribution is -2.52. The maximum atomic E-state index is 13.5. The molecule has 2 atom stereocenters. The molecule has 3 nitrogen and oxygen atoms in total. The Bertz CT molecular complexity index is 1300. The summed E-state index contributed by atoms with van der Waals surface area (Å²) in [6.07, 6.45) is -6.14. The van der Waals surface area contributed by atoms with Gasteiger partial charge < -0.3 is 4.74 Å². The molecule has 2 unspecified atom stereocenters. The van der Waals surface area contributed by atoms with E-state index in [-0.39, 0.29) is 24.1 Å². The zero-order chi connectivity index (χ0) is 29.2. The first-order valence-corrected chi connectivity index (χ1v) is 14.0. The van der Waals surface area contributed by atoms with Crippen molar-refractivity contribution in [2.75, 3.05) is 33.3 Å².